The first-order chi connectivity index (χ1) is 9.12. The summed E-state index contributed by atoms with van der Waals surface area (Å²) < 4.78 is 28.5. The zero-order valence-electron chi connectivity index (χ0n) is 10.7. The first kappa shape index (κ1) is 14.0. The number of hydrogen-bond acceptors (Lipinski definition) is 3. The highest BCUT2D eigenvalue weighted by Gasteiger charge is 2.22. The highest BCUT2D eigenvalue weighted by Crippen LogP contribution is 2.16. The summed E-state index contributed by atoms with van der Waals surface area (Å²) in [6.07, 6.45) is 4.71. The molecular weight excluding hydrogens is 264 g/mol. The molecule has 1 aromatic carbocycles. The van der Waals surface area contributed by atoms with Gasteiger partial charge in [-0.15, -0.1) is 0 Å². The standard InChI is InChI=1S/C13H18N2O3S/c16-11-12-5-7-13(8-6-12)14-19(17,18)15-9-3-1-2-4-10-15/h5-8,11,14H,1-4,9-10H2. The Bertz CT molecular complexity index is 517. The van der Waals surface area contributed by atoms with Gasteiger partial charge in [-0.25, -0.2) is 0 Å². The molecule has 0 bridgehead atoms. The van der Waals surface area contributed by atoms with Crippen molar-refractivity contribution in [2.24, 2.45) is 0 Å². The van der Waals surface area contributed by atoms with E-state index in [1.807, 2.05) is 0 Å². The molecule has 0 unspecified atom stereocenters. The number of carbonyl (C=O) groups excluding carboxylic acids is 1. The minimum atomic E-state index is -3.48. The van der Waals surface area contributed by atoms with E-state index in [1.54, 1.807) is 24.3 Å². The normalized spacial score (nSPS) is 17.7. The Morgan fingerprint density at radius 1 is 1.00 bits per heavy atom. The molecule has 0 atom stereocenters. The van der Waals surface area contributed by atoms with Crippen LogP contribution in [0.3, 0.4) is 0 Å². The van der Waals surface area contributed by atoms with Gasteiger partial charge in [-0.3, -0.25) is 9.52 Å². The van der Waals surface area contributed by atoms with Crippen LogP contribution in [-0.2, 0) is 10.2 Å². The quantitative estimate of drug-likeness (QED) is 0.859. The monoisotopic (exact) mass is 282 g/mol. The molecular formula is C13H18N2O3S. The largest absolute Gasteiger partial charge is 0.301 e. The number of nitrogens with zero attached hydrogens (tertiary/aromatic N) is 1. The number of anilines is 1. The van der Waals surface area contributed by atoms with Crippen molar-refractivity contribution in [2.45, 2.75) is 25.7 Å². The summed E-state index contributed by atoms with van der Waals surface area (Å²) in [7, 11) is -3.48. The lowest BCUT2D eigenvalue weighted by molar-refractivity contribution is 0.112. The van der Waals surface area contributed by atoms with Gasteiger partial charge in [0.1, 0.15) is 6.29 Å². The molecule has 0 spiro atoms. The van der Waals surface area contributed by atoms with Crippen LogP contribution >= 0.6 is 0 Å². The van der Waals surface area contributed by atoms with Gasteiger partial charge in [0.05, 0.1) is 0 Å². The summed E-state index contributed by atoms with van der Waals surface area (Å²) in [6.45, 7) is 1.14. The topological polar surface area (TPSA) is 66.5 Å². The Labute approximate surface area is 113 Å². The van der Waals surface area contributed by atoms with Crippen LogP contribution in [-0.4, -0.2) is 32.1 Å². The second-order valence-electron chi connectivity index (χ2n) is 4.66. The van der Waals surface area contributed by atoms with Crippen LogP contribution in [0.5, 0.6) is 0 Å². The Morgan fingerprint density at radius 3 is 2.11 bits per heavy atom. The average Bonchev–Trinajstić information content (AvgIpc) is 2.68. The van der Waals surface area contributed by atoms with Gasteiger partial charge in [-0.1, -0.05) is 12.8 Å². The first-order valence-corrected chi connectivity index (χ1v) is 7.89. The number of carbonyl (C=O) groups is 1. The molecule has 6 heteroatoms. The molecule has 104 valence electrons. The molecule has 0 aliphatic carbocycles. The van der Waals surface area contributed by atoms with Gasteiger partial charge >= 0.3 is 10.2 Å². The highest BCUT2D eigenvalue weighted by molar-refractivity contribution is 7.90. The molecule has 1 fully saturated rings. The maximum atomic E-state index is 12.2. The van der Waals surface area contributed by atoms with Crippen molar-refractivity contribution in [1.29, 1.82) is 0 Å². The molecule has 0 aromatic heterocycles. The highest BCUT2D eigenvalue weighted by atomic mass is 32.2. The summed E-state index contributed by atoms with van der Waals surface area (Å²) >= 11 is 0. The van der Waals surface area contributed by atoms with E-state index in [-0.39, 0.29) is 0 Å². The maximum absolute atomic E-state index is 12.2. The third-order valence-corrected chi connectivity index (χ3v) is 4.74. The van der Waals surface area contributed by atoms with Crippen LogP contribution in [0.4, 0.5) is 5.69 Å². The molecule has 0 radical (unpaired) electrons. The number of benzene rings is 1. The van der Waals surface area contributed by atoms with E-state index in [0.717, 1.165) is 32.0 Å². The van der Waals surface area contributed by atoms with Gasteiger partial charge in [0.2, 0.25) is 0 Å². The average molecular weight is 282 g/mol. The van der Waals surface area contributed by atoms with E-state index >= 15 is 0 Å². The van der Waals surface area contributed by atoms with Crippen LogP contribution in [0, 0.1) is 0 Å². The van der Waals surface area contributed by atoms with Crippen molar-refractivity contribution in [1.82, 2.24) is 4.31 Å². The number of aldehydes is 1. The fraction of sp³-hybridized carbons (Fsp3) is 0.462. The van der Waals surface area contributed by atoms with Crippen molar-refractivity contribution >= 4 is 22.2 Å². The lowest BCUT2D eigenvalue weighted by Gasteiger charge is -2.20. The minimum Gasteiger partial charge on any atom is -0.298 e. The van der Waals surface area contributed by atoms with E-state index in [4.69, 9.17) is 0 Å². The second kappa shape index (κ2) is 6.16. The Hall–Kier alpha value is -1.40. The van der Waals surface area contributed by atoms with Crippen LogP contribution in [0.1, 0.15) is 36.0 Å². The van der Waals surface area contributed by atoms with Crippen molar-refractivity contribution in [3.63, 3.8) is 0 Å². The molecule has 5 nitrogen and oxygen atoms in total. The molecule has 1 N–H and O–H groups in total. The van der Waals surface area contributed by atoms with Crippen molar-refractivity contribution < 1.29 is 13.2 Å². The number of rotatable bonds is 4. The molecule has 0 saturated carbocycles. The van der Waals surface area contributed by atoms with Gasteiger partial charge in [0.15, 0.2) is 0 Å². The summed E-state index contributed by atoms with van der Waals surface area (Å²) in [5, 5.41) is 0. The molecule has 0 amide bonds. The van der Waals surface area contributed by atoms with Gasteiger partial charge in [0.25, 0.3) is 0 Å². The van der Waals surface area contributed by atoms with E-state index in [2.05, 4.69) is 4.72 Å². The van der Waals surface area contributed by atoms with Crippen molar-refractivity contribution in [2.75, 3.05) is 17.8 Å². The molecule has 19 heavy (non-hydrogen) atoms. The van der Waals surface area contributed by atoms with E-state index < -0.39 is 10.2 Å². The maximum Gasteiger partial charge on any atom is 0.301 e. The molecule has 1 aliphatic heterocycles. The van der Waals surface area contributed by atoms with Crippen molar-refractivity contribution in [3.8, 4) is 0 Å². The lowest BCUT2D eigenvalue weighted by Crippen LogP contribution is -2.36. The second-order valence-corrected chi connectivity index (χ2v) is 6.33. The number of hydrogen-bond donors (Lipinski definition) is 1. The Balaban J connectivity index is 2.08. The van der Waals surface area contributed by atoms with Crippen LogP contribution < -0.4 is 4.72 Å². The molecule has 1 saturated heterocycles. The zero-order valence-corrected chi connectivity index (χ0v) is 11.5. The van der Waals surface area contributed by atoms with Crippen molar-refractivity contribution in [3.05, 3.63) is 29.8 Å². The van der Waals surface area contributed by atoms with Crippen LogP contribution in [0.2, 0.25) is 0 Å². The molecule has 1 aromatic rings. The molecule has 1 heterocycles. The predicted octanol–water partition coefficient (Wildman–Crippen LogP) is 2.03. The predicted molar refractivity (Wildman–Crippen MR) is 74.4 cm³/mol. The van der Waals surface area contributed by atoms with E-state index in [0.29, 0.717) is 24.3 Å². The SMILES string of the molecule is O=Cc1ccc(NS(=O)(=O)N2CCCCCC2)cc1. The van der Waals surface area contributed by atoms with Gasteiger partial charge in [-0.05, 0) is 37.1 Å². The van der Waals surface area contributed by atoms with Crippen LogP contribution in [0.25, 0.3) is 0 Å². The third-order valence-electron chi connectivity index (χ3n) is 3.20. The van der Waals surface area contributed by atoms with E-state index in [9.17, 15) is 13.2 Å². The van der Waals surface area contributed by atoms with Gasteiger partial charge in [-0.2, -0.15) is 12.7 Å². The Morgan fingerprint density at radius 2 is 1.58 bits per heavy atom. The number of nitrogens with one attached hydrogen (secondary N) is 1. The fourth-order valence-corrected chi connectivity index (χ4v) is 3.43. The summed E-state index contributed by atoms with van der Waals surface area (Å²) in [5.41, 5.74) is 1.01. The summed E-state index contributed by atoms with van der Waals surface area (Å²) in [4.78, 5) is 10.5. The Kier molecular flexibility index (Phi) is 4.55. The zero-order chi connectivity index (χ0) is 13.7. The lowest BCUT2D eigenvalue weighted by atomic mass is 10.2. The molecule has 1 aliphatic rings. The first-order valence-electron chi connectivity index (χ1n) is 6.45. The van der Waals surface area contributed by atoms with Gasteiger partial charge in [0, 0.05) is 24.3 Å². The summed E-state index contributed by atoms with van der Waals surface area (Å²) in [5.74, 6) is 0. The smallest absolute Gasteiger partial charge is 0.298 e. The van der Waals surface area contributed by atoms with E-state index in [1.165, 1.54) is 4.31 Å². The molecule has 2 rings (SSSR count). The van der Waals surface area contributed by atoms with Gasteiger partial charge < -0.3 is 0 Å². The minimum absolute atomic E-state index is 0.481. The third kappa shape index (κ3) is 3.78. The fourth-order valence-electron chi connectivity index (χ4n) is 2.13. The summed E-state index contributed by atoms with van der Waals surface area (Å²) in [6, 6.07) is 6.37. The van der Waals surface area contributed by atoms with Crippen LogP contribution in [0.15, 0.2) is 24.3 Å².